The second-order valence-corrected chi connectivity index (χ2v) is 7.42. The molecule has 0 saturated carbocycles. The molecule has 0 radical (unpaired) electrons. The third kappa shape index (κ3) is 2.88. The molecular formula is C22H23N3O2. The fourth-order valence-electron chi connectivity index (χ4n) is 4.64. The van der Waals surface area contributed by atoms with Crippen molar-refractivity contribution in [3.8, 4) is 0 Å². The molecule has 2 fully saturated rings. The van der Waals surface area contributed by atoms with Gasteiger partial charge in [0.15, 0.2) is 0 Å². The van der Waals surface area contributed by atoms with E-state index in [1.165, 1.54) is 10.9 Å². The molecule has 1 aromatic heterocycles. The van der Waals surface area contributed by atoms with Crippen molar-refractivity contribution >= 4 is 17.0 Å². The molecule has 138 valence electrons. The average Bonchev–Trinajstić information content (AvgIpc) is 3.42. The standard InChI is InChI=1S/C22H23N3O2/c26-22(27-14-15-6-2-1-3-7-15)25-13-18(21-20(25)10-11-23-21)17-12-24-19-9-5-4-8-16(17)19/h1-9,12,18,20-21,23-24H,10-11,13-14H2. The number of H-pyrrole nitrogens is 1. The fraction of sp³-hybridized carbons (Fsp3) is 0.318. The van der Waals surface area contributed by atoms with Gasteiger partial charge >= 0.3 is 6.09 Å². The van der Waals surface area contributed by atoms with E-state index in [1.54, 1.807) is 0 Å². The minimum atomic E-state index is -0.208. The molecule has 2 saturated heterocycles. The Morgan fingerprint density at radius 3 is 2.81 bits per heavy atom. The number of nitrogens with zero attached hydrogens (tertiary/aromatic N) is 1. The SMILES string of the molecule is O=C(OCc1ccccc1)N1CC(c2c[nH]c3ccccc23)C2NCCC21. The first-order valence-corrected chi connectivity index (χ1v) is 9.58. The molecule has 0 bridgehead atoms. The Balaban J connectivity index is 1.36. The lowest BCUT2D eigenvalue weighted by Gasteiger charge is -2.22. The number of likely N-dealkylation sites (tertiary alicyclic amines) is 1. The summed E-state index contributed by atoms with van der Waals surface area (Å²) in [6.07, 6.45) is 2.87. The van der Waals surface area contributed by atoms with Gasteiger partial charge in [0.05, 0.1) is 6.04 Å². The predicted octanol–water partition coefficient (Wildman–Crippen LogP) is 3.63. The topological polar surface area (TPSA) is 57.4 Å². The van der Waals surface area contributed by atoms with Crippen LogP contribution >= 0.6 is 0 Å². The highest BCUT2D eigenvalue weighted by molar-refractivity contribution is 5.84. The van der Waals surface area contributed by atoms with E-state index in [1.807, 2.05) is 41.3 Å². The molecule has 3 heterocycles. The molecular weight excluding hydrogens is 338 g/mol. The van der Waals surface area contributed by atoms with E-state index in [0.717, 1.165) is 24.0 Å². The molecule has 1 amide bonds. The lowest BCUT2D eigenvalue weighted by Crippen LogP contribution is -2.39. The fourth-order valence-corrected chi connectivity index (χ4v) is 4.64. The number of amides is 1. The van der Waals surface area contributed by atoms with Crippen molar-refractivity contribution in [3.63, 3.8) is 0 Å². The minimum Gasteiger partial charge on any atom is -0.445 e. The maximum atomic E-state index is 12.8. The Morgan fingerprint density at radius 2 is 1.93 bits per heavy atom. The van der Waals surface area contributed by atoms with Crippen LogP contribution in [-0.4, -0.2) is 41.2 Å². The number of carbonyl (C=O) groups excluding carboxylic acids is 1. The summed E-state index contributed by atoms with van der Waals surface area (Å²) in [7, 11) is 0. The minimum absolute atomic E-state index is 0.201. The molecule has 3 atom stereocenters. The monoisotopic (exact) mass is 361 g/mol. The second-order valence-electron chi connectivity index (χ2n) is 7.42. The number of carbonyl (C=O) groups is 1. The van der Waals surface area contributed by atoms with Crippen molar-refractivity contribution in [3.05, 3.63) is 71.9 Å². The van der Waals surface area contributed by atoms with Gasteiger partial charge in [0.2, 0.25) is 0 Å². The number of ether oxygens (including phenoxy) is 1. The zero-order chi connectivity index (χ0) is 18.2. The quantitative estimate of drug-likeness (QED) is 0.749. The molecule has 5 rings (SSSR count). The third-order valence-electron chi connectivity index (χ3n) is 5.92. The van der Waals surface area contributed by atoms with E-state index >= 15 is 0 Å². The first-order valence-electron chi connectivity index (χ1n) is 9.58. The van der Waals surface area contributed by atoms with Gasteiger partial charge in [-0.3, -0.25) is 0 Å². The molecule has 3 aromatic rings. The largest absolute Gasteiger partial charge is 0.445 e. The summed E-state index contributed by atoms with van der Waals surface area (Å²) in [6.45, 7) is 1.95. The molecule has 2 aliphatic heterocycles. The van der Waals surface area contributed by atoms with Crippen LogP contribution in [0.25, 0.3) is 10.9 Å². The van der Waals surface area contributed by atoms with Gasteiger partial charge in [-0.2, -0.15) is 0 Å². The van der Waals surface area contributed by atoms with Gasteiger partial charge in [0.1, 0.15) is 6.61 Å². The van der Waals surface area contributed by atoms with Crippen LogP contribution in [0.2, 0.25) is 0 Å². The van der Waals surface area contributed by atoms with E-state index in [4.69, 9.17) is 4.74 Å². The van der Waals surface area contributed by atoms with Crippen LogP contribution in [0.1, 0.15) is 23.5 Å². The Labute approximate surface area is 158 Å². The first kappa shape index (κ1) is 16.4. The predicted molar refractivity (Wildman–Crippen MR) is 105 cm³/mol. The lowest BCUT2D eigenvalue weighted by molar-refractivity contribution is 0.0920. The highest BCUT2D eigenvalue weighted by Crippen LogP contribution is 2.39. The van der Waals surface area contributed by atoms with Crippen LogP contribution in [0.4, 0.5) is 4.79 Å². The smallest absolute Gasteiger partial charge is 0.410 e. The Hall–Kier alpha value is -2.79. The number of fused-ring (bicyclic) bond motifs is 2. The number of para-hydroxylation sites is 1. The maximum Gasteiger partial charge on any atom is 0.410 e. The van der Waals surface area contributed by atoms with Crippen molar-refractivity contribution in [1.29, 1.82) is 0 Å². The van der Waals surface area contributed by atoms with Gasteiger partial charge in [0.25, 0.3) is 0 Å². The second kappa shape index (κ2) is 6.74. The molecule has 2 N–H and O–H groups in total. The van der Waals surface area contributed by atoms with E-state index in [0.29, 0.717) is 13.2 Å². The summed E-state index contributed by atoms with van der Waals surface area (Å²) in [5, 5.41) is 4.86. The molecule has 2 aliphatic rings. The molecule has 0 aliphatic carbocycles. The highest BCUT2D eigenvalue weighted by atomic mass is 16.6. The Bertz CT molecular complexity index is 952. The van der Waals surface area contributed by atoms with E-state index < -0.39 is 0 Å². The molecule has 27 heavy (non-hydrogen) atoms. The van der Waals surface area contributed by atoms with Crippen molar-refractivity contribution in [2.45, 2.75) is 31.0 Å². The summed E-state index contributed by atoms with van der Waals surface area (Å²) in [4.78, 5) is 18.1. The third-order valence-corrected chi connectivity index (χ3v) is 5.92. The van der Waals surface area contributed by atoms with Crippen molar-refractivity contribution in [1.82, 2.24) is 15.2 Å². The van der Waals surface area contributed by atoms with Crippen molar-refractivity contribution in [2.75, 3.05) is 13.1 Å². The van der Waals surface area contributed by atoms with Crippen LogP contribution in [0.15, 0.2) is 60.8 Å². The van der Waals surface area contributed by atoms with Crippen LogP contribution in [0.3, 0.4) is 0 Å². The number of aromatic nitrogens is 1. The summed E-state index contributed by atoms with van der Waals surface area (Å²) in [6, 6.07) is 18.7. The average molecular weight is 361 g/mol. The zero-order valence-corrected chi connectivity index (χ0v) is 15.1. The van der Waals surface area contributed by atoms with Gasteiger partial charge in [0, 0.05) is 35.6 Å². The van der Waals surface area contributed by atoms with E-state index in [-0.39, 0.29) is 24.1 Å². The van der Waals surface area contributed by atoms with Gasteiger partial charge in [-0.1, -0.05) is 48.5 Å². The van der Waals surface area contributed by atoms with Crippen molar-refractivity contribution < 1.29 is 9.53 Å². The number of benzene rings is 2. The normalized spacial score (nSPS) is 24.3. The number of hydrogen-bond donors (Lipinski definition) is 2. The molecule has 0 spiro atoms. The molecule has 5 nitrogen and oxygen atoms in total. The van der Waals surface area contributed by atoms with Crippen LogP contribution in [0.5, 0.6) is 0 Å². The van der Waals surface area contributed by atoms with Gasteiger partial charge in [-0.15, -0.1) is 0 Å². The van der Waals surface area contributed by atoms with E-state index in [9.17, 15) is 4.79 Å². The summed E-state index contributed by atoms with van der Waals surface area (Å²) in [5.74, 6) is 0.276. The molecule has 2 aromatic carbocycles. The van der Waals surface area contributed by atoms with Gasteiger partial charge in [-0.05, 0) is 30.2 Å². The Morgan fingerprint density at radius 1 is 1.11 bits per heavy atom. The summed E-state index contributed by atoms with van der Waals surface area (Å²) in [5.41, 5.74) is 3.44. The van der Waals surface area contributed by atoms with Gasteiger partial charge < -0.3 is 19.9 Å². The summed E-state index contributed by atoms with van der Waals surface area (Å²) >= 11 is 0. The highest BCUT2D eigenvalue weighted by Gasteiger charge is 2.48. The first-order chi connectivity index (χ1) is 13.3. The Kier molecular flexibility index (Phi) is 4.09. The van der Waals surface area contributed by atoms with Crippen LogP contribution in [0, 0.1) is 0 Å². The van der Waals surface area contributed by atoms with Crippen LogP contribution in [-0.2, 0) is 11.3 Å². The number of rotatable bonds is 3. The maximum absolute atomic E-state index is 12.8. The summed E-state index contributed by atoms with van der Waals surface area (Å²) < 4.78 is 5.62. The number of nitrogens with one attached hydrogen (secondary N) is 2. The molecule has 3 unspecified atom stereocenters. The van der Waals surface area contributed by atoms with Gasteiger partial charge in [-0.25, -0.2) is 4.79 Å². The lowest BCUT2D eigenvalue weighted by atomic mass is 9.92. The van der Waals surface area contributed by atoms with Crippen molar-refractivity contribution in [2.24, 2.45) is 0 Å². The number of aromatic amines is 1. The molecule has 5 heteroatoms. The van der Waals surface area contributed by atoms with E-state index in [2.05, 4.69) is 34.7 Å². The van der Waals surface area contributed by atoms with Crippen LogP contribution < -0.4 is 5.32 Å². The zero-order valence-electron chi connectivity index (χ0n) is 15.1. The number of hydrogen-bond acceptors (Lipinski definition) is 3.